The number of hydrogen-bond donors (Lipinski definition) is 0. The Bertz CT molecular complexity index is 184. The quantitative estimate of drug-likeness (QED) is 0.325. The molecule has 0 aliphatic rings. The first kappa shape index (κ1) is 19.3. The molecule has 1 nitrogen and oxygen atoms in total. The SMILES string of the molecule is CC(C)SCCCCCCCCCCC[N+](C)(C)C. The lowest BCUT2D eigenvalue weighted by atomic mass is 10.1. The molecule has 0 bridgehead atoms. The zero-order chi connectivity index (χ0) is 14.6. The summed E-state index contributed by atoms with van der Waals surface area (Å²) in [5.74, 6) is 1.36. The lowest BCUT2D eigenvalue weighted by Gasteiger charge is -2.23. The minimum atomic E-state index is 0.812. The second kappa shape index (κ2) is 12.1. The van der Waals surface area contributed by atoms with E-state index < -0.39 is 0 Å². The van der Waals surface area contributed by atoms with Gasteiger partial charge < -0.3 is 4.48 Å². The zero-order valence-electron chi connectivity index (χ0n) is 14.2. The third-order valence-corrected chi connectivity index (χ3v) is 4.62. The molecule has 0 saturated carbocycles. The molecule has 0 N–H and O–H groups in total. The molecule has 0 amide bonds. The van der Waals surface area contributed by atoms with E-state index in [9.17, 15) is 0 Å². The van der Waals surface area contributed by atoms with Gasteiger partial charge in [-0.25, -0.2) is 0 Å². The smallest absolute Gasteiger partial charge is 0.0780 e. The highest BCUT2D eigenvalue weighted by Crippen LogP contribution is 2.14. The van der Waals surface area contributed by atoms with Crippen LogP contribution in [0.25, 0.3) is 0 Å². The normalized spacial score (nSPS) is 12.3. The number of rotatable bonds is 13. The van der Waals surface area contributed by atoms with Crippen LogP contribution in [0.4, 0.5) is 0 Å². The van der Waals surface area contributed by atoms with Gasteiger partial charge in [0.05, 0.1) is 27.7 Å². The fourth-order valence-electron chi connectivity index (χ4n) is 2.24. The molecular weight excluding hydrogens is 250 g/mol. The van der Waals surface area contributed by atoms with Crippen molar-refractivity contribution < 1.29 is 4.48 Å². The van der Waals surface area contributed by atoms with E-state index in [0.29, 0.717) is 0 Å². The number of unbranched alkanes of at least 4 members (excludes halogenated alkanes) is 8. The Morgan fingerprint density at radius 3 is 1.53 bits per heavy atom. The predicted octanol–water partition coefficient (Wildman–Crippen LogP) is 5.35. The van der Waals surface area contributed by atoms with Crippen molar-refractivity contribution in [3.05, 3.63) is 0 Å². The van der Waals surface area contributed by atoms with Crippen molar-refractivity contribution in [3.63, 3.8) is 0 Å². The topological polar surface area (TPSA) is 0 Å². The molecule has 0 saturated heterocycles. The second-order valence-electron chi connectivity index (χ2n) is 7.12. The predicted molar refractivity (Wildman–Crippen MR) is 92.0 cm³/mol. The summed E-state index contributed by atoms with van der Waals surface area (Å²) in [5, 5.41) is 0.812. The van der Waals surface area contributed by atoms with Gasteiger partial charge in [-0.1, -0.05) is 52.4 Å². The summed E-state index contributed by atoms with van der Waals surface area (Å²) in [6.07, 6.45) is 13.0. The summed E-state index contributed by atoms with van der Waals surface area (Å²) >= 11 is 2.11. The Labute approximate surface area is 127 Å². The van der Waals surface area contributed by atoms with E-state index in [2.05, 4.69) is 46.8 Å². The number of quaternary nitrogens is 1. The molecule has 0 heterocycles. The van der Waals surface area contributed by atoms with Crippen LogP contribution in [0.3, 0.4) is 0 Å². The minimum absolute atomic E-state index is 0.812. The van der Waals surface area contributed by atoms with Crippen LogP contribution in [-0.2, 0) is 0 Å². The Kier molecular flexibility index (Phi) is 12.3. The molecule has 0 aromatic heterocycles. The molecule has 0 spiro atoms. The average molecular weight is 289 g/mol. The van der Waals surface area contributed by atoms with Crippen LogP contribution in [0.5, 0.6) is 0 Å². The van der Waals surface area contributed by atoms with Crippen molar-refractivity contribution in [2.24, 2.45) is 0 Å². The molecule has 0 aromatic rings. The molecule has 19 heavy (non-hydrogen) atoms. The first-order chi connectivity index (χ1) is 8.92. The van der Waals surface area contributed by atoms with Crippen molar-refractivity contribution in [2.45, 2.75) is 76.9 Å². The van der Waals surface area contributed by atoms with Gasteiger partial charge in [0.25, 0.3) is 0 Å². The average Bonchev–Trinajstić information content (AvgIpc) is 2.28. The van der Waals surface area contributed by atoms with Crippen LogP contribution in [0.2, 0.25) is 0 Å². The molecule has 0 fully saturated rings. The Hall–Kier alpha value is 0.310. The zero-order valence-corrected chi connectivity index (χ0v) is 15.0. The van der Waals surface area contributed by atoms with Crippen LogP contribution in [0.1, 0.15) is 71.6 Å². The maximum atomic E-state index is 2.29. The van der Waals surface area contributed by atoms with E-state index in [0.717, 1.165) is 9.73 Å². The van der Waals surface area contributed by atoms with Gasteiger partial charge in [-0.05, 0) is 30.3 Å². The van der Waals surface area contributed by atoms with E-state index in [1.54, 1.807) is 0 Å². The van der Waals surface area contributed by atoms with Gasteiger partial charge in [0.2, 0.25) is 0 Å². The summed E-state index contributed by atoms with van der Waals surface area (Å²) in [7, 11) is 6.87. The molecule has 0 atom stereocenters. The van der Waals surface area contributed by atoms with E-state index in [4.69, 9.17) is 0 Å². The maximum Gasteiger partial charge on any atom is 0.0780 e. The third kappa shape index (κ3) is 18.3. The van der Waals surface area contributed by atoms with Gasteiger partial charge in [0.15, 0.2) is 0 Å². The van der Waals surface area contributed by atoms with Crippen molar-refractivity contribution in [1.82, 2.24) is 0 Å². The van der Waals surface area contributed by atoms with Crippen molar-refractivity contribution >= 4 is 11.8 Å². The summed E-state index contributed by atoms with van der Waals surface area (Å²) in [6, 6.07) is 0. The summed E-state index contributed by atoms with van der Waals surface area (Å²) in [6.45, 7) is 5.92. The minimum Gasteiger partial charge on any atom is -0.331 e. The van der Waals surface area contributed by atoms with Crippen LogP contribution in [0.15, 0.2) is 0 Å². The van der Waals surface area contributed by atoms with Crippen LogP contribution < -0.4 is 0 Å². The molecule has 0 unspecified atom stereocenters. The second-order valence-corrected chi connectivity index (χ2v) is 8.80. The van der Waals surface area contributed by atoms with Gasteiger partial charge >= 0.3 is 0 Å². The monoisotopic (exact) mass is 288 g/mol. The van der Waals surface area contributed by atoms with E-state index >= 15 is 0 Å². The Morgan fingerprint density at radius 2 is 1.11 bits per heavy atom. The first-order valence-corrected chi connectivity index (χ1v) is 9.39. The standard InChI is InChI=1S/C17H38NS/c1-17(2)19-16-14-12-10-8-6-7-9-11-13-15-18(3,4)5/h17H,6-16H2,1-5H3/q+1. The van der Waals surface area contributed by atoms with Crippen LogP contribution in [-0.4, -0.2) is 43.2 Å². The van der Waals surface area contributed by atoms with E-state index in [-0.39, 0.29) is 0 Å². The Balaban J connectivity index is 3.03. The molecule has 0 aliphatic carbocycles. The molecule has 2 heteroatoms. The lowest BCUT2D eigenvalue weighted by Crippen LogP contribution is -2.35. The molecule has 116 valence electrons. The lowest BCUT2D eigenvalue weighted by molar-refractivity contribution is -0.870. The van der Waals surface area contributed by atoms with Crippen molar-refractivity contribution in [2.75, 3.05) is 33.4 Å². The number of hydrogen-bond acceptors (Lipinski definition) is 1. The highest BCUT2D eigenvalue weighted by atomic mass is 32.2. The maximum absolute atomic E-state index is 2.29. The number of nitrogens with zero attached hydrogens (tertiary/aromatic N) is 1. The molecule has 0 aliphatic heterocycles. The van der Waals surface area contributed by atoms with Crippen LogP contribution in [0, 0.1) is 0 Å². The fourth-order valence-corrected chi connectivity index (χ4v) is 3.09. The molecule has 0 radical (unpaired) electrons. The van der Waals surface area contributed by atoms with Gasteiger partial charge in [0.1, 0.15) is 0 Å². The third-order valence-electron chi connectivity index (χ3n) is 3.42. The van der Waals surface area contributed by atoms with E-state index in [1.807, 2.05) is 0 Å². The van der Waals surface area contributed by atoms with E-state index in [1.165, 1.54) is 70.1 Å². The summed E-state index contributed by atoms with van der Waals surface area (Å²) < 4.78 is 1.12. The largest absolute Gasteiger partial charge is 0.331 e. The van der Waals surface area contributed by atoms with Gasteiger partial charge in [-0.3, -0.25) is 0 Å². The first-order valence-electron chi connectivity index (χ1n) is 8.34. The number of thioether (sulfide) groups is 1. The van der Waals surface area contributed by atoms with Gasteiger partial charge in [-0.15, -0.1) is 0 Å². The molecular formula is C17H38NS+. The van der Waals surface area contributed by atoms with Crippen LogP contribution >= 0.6 is 11.8 Å². The Morgan fingerprint density at radius 1 is 0.684 bits per heavy atom. The summed E-state index contributed by atoms with van der Waals surface area (Å²) in [4.78, 5) is 0. The van der Waals surface area contributed by atoms with Gasteiger partial charge in [-0.2, -0.15) is 11.8 Å². The highest BCUT2D eigenvalue weighted by molar-refractivity contribution is 7.99. The molecule has 0 aromatic carbocycles. The fraction of sp³-hybridized carbons (Fsp3) is 1.00. The molecule has 0 rings (SSSR count). The van der Waals surface area contributed by atoms with Crippen molar-refractivity contribution in [3.8, 4) is 0 Å². The highest BCUT2D eigenvalue weighted by Gasteiger charge is 2.04. The van der Waals surface area contributed by atoms with Crippen molar-refractivity contribution in [1.29, 1.82) is 0 Å². The van der Waals surface area contributed by atoms with Gasteiger partial charge in [0, 0.05) is 0 Å². The summed E-state index contributed by atoms with van der Waals surface area (Å²) in [5.41, 5.74) is 0.